The average molecular weight is 289 g/mol. The van der Waals surface area contributed by atoms with Crippen LogP contribution in [0.15, 0.2) is 29.1 Å². The Balaban J connectivity index is 1.95. The maximum absolute atomic E-state index is 12.2. The first-order valence-corrected chi connectivity index (χ1v) is 7.30. The second-order valence-corrected chi connectivity index (χ2v) is 5.53. The SMILES string of the molecule is CCC1CC(n2c(=O)[nH]c3ccccc32)CCN1C(=O)O. The third kappa shape index (κ3) is 2.30. The summed E-state index contributed by atoms with van der Waals surface area (Å²) in [4.78, 5) is 27.8. The number of carboxylic acid groups (broad SMARTS) is 1. The van der Waals surface area contributed by atoms with Crippen molar-refractivity contribution < 1.29 is 9.90 Å². The second-order valence-electron chi connectivity index (χ2n) is 5.53. The third-order valence-electron chi connectivity index (χ3n) is 4.39. The van der Waals surface area contributed by atoms with Gasteiger partial charge in [-0.2, -0.15) is 0 Å². The number of likely N-dealkylation sites (tertiary alicyclic amines) is 1. The van der Waals surface area contributed by atoms with Gasteiger partial charge in [-0.3, -0.25) is 4.57 Å². The van der Waals surface area contributed by atoms with E-state index < -0.39 is 6.09 Å². The number of aromatic amines is 1. The van der Waals surface area contributed by atoms with Crippen molar-refractivity contribution in [2.45, 2.75) is 38.3 Å². The van der Waals surface area contributed by atoms with Crippen molar-refractivity contribution in [2.24, 2.45) is 0 Å². The lowest BCUT2D eigenvalue weighted by molar-refractivity contribution is 0.0900. The van der Waals surface area contributed by atoms with Gasteiger partial charge >= 0.3 is 11.8 Å². The first kappa shape index (κ1) is 13.7. The van der Waals surface area contributed by atoms with Crippen molar-refractivity contribution >= 4 is 17.1 Å². The number of hydrogen-bond acceptors (Lipinski definition) is 2. The molecule has 6 heteroatoms. The number of amides is 1. The fraction of sp³-hybridized carbons (Fsp3) is 0.467. The highest BCUT2D eigenvalue weighted by molar-refractivity contribution is 5.75. The molecule has 21 heavy (non-hydrogen) atoms. The smallest absolute Gasteiger partial charge is 0.407 e. The molecule has 0 aliphatic carbocycles. The van der Waals surface area contributed by atoms with Gasteiger partial charge in [-0.15, -0.1) is 0 Å². The molecule has 1 amide bonds. The quantitative estimate of drug-likeness (QED) is 0.891. The molecule has 1 aromatic heterocycles. The Morgan fingerprint density at radius 3 is 2.90 bits per heavy atom. The number of nitrogens with one attached hydrogen (secondary N) is 1. The average Bonchev–Trinajstić information content (AvgIpc) is 2.82. The largest absolute Gasteiger partial charge is 0.465 e. The summed E-state index contributed by atoms with van der Waals surface area (Å²) in [5.74, 6) is 0. The Hall–Kier alpha value is -2.24. The van der Waals surface area contributed by atoms with Gasteiger partial charge in [0.15, 0.2) is 0 Å². The summed E-state index contributed by atoms with van der Waals surface area (Å²) in [7, 11) is 0. The van der Waals surface area contributed by atoms with Crippen LogP contribution in [0.4, 0.5) is 4.79 Å². The van der Waals surface area contributed by atoms with E-state index in [1.54, 1.807) is 4.57 Å². The minimum absolute atomic E-state index is 0.0261. The molecule has 2 atom stereocenters. The molecule has 1 fully saturated rings. The van der Waals surface area contributed by atoms with E-state index in [-0.39, 0.29) is 17.8 Å². The van der Waals surface area contributed by atoms with E-state index >= 15 is 0 Å². The maximum Gasteiger partial charge on any atom is 0.407 e. The highest BCUT2D eigenvalue weighted by Crippen LogP contribution is 2.29. The van der Waals surface area contributed by atoms with Crippen LogP contribution in [-0.2, 0) is 0 Å². The predicted octanol–water partition coefficient (Wildman–Crippen LogP) is 2.42. The molecule has 0 saturated carbocycles. The summed E-state index contributed by atoms with van der Waals surface area (Å²) < 4.78 is 1.79. The van der Waals surface area contributed by atoms with Crippen molar-refractivity contribution in [1.82, 2.24) is 14.5 Å². The molecular formula is C15H19N3O3. The Morgan fingerprint density at radius 2 is 2.19 bits per heavy atom. The Kier molecular flexibility index (Phi) is 3.45. The number of para-hydroxylation sites is 2. The lowest BCUT2D eigenvalue weighted by Crippen LogP contribution is -2.46. The lowest BCUT2D eigenvalue weighted by Gasteiger charge is -2.37. The molecule has 1 saturated heterocycles. The number of H-pyrrole nitrogens is 1. The van der Waals surface area contributed by atoms with E-state index in [1.807, 2.05) is 31.2 Å². The molecule has 2 heterocycles. The Morgan fingerprint density at radius 1 is 1.43 bits per heavy atom. The van der Waals surface area contributed by atoms with Gasteiger partial charge in [-0.1, -0.05) is 19.1 Å². The van der Waals surface area contributed by atoms with Crippen LogP contribution in [0, 0.1) is 0 Å². The van der Waals surface area contributed by atoms with E-state index in [4.69, 9.17) is 0 Å². The lowest BCUT2D eigenvalue weighted by atomic mass is 9.95. The number of carbonyl (C=O) groups is 1. The number of aromatic nitrogens is 2. The summed E-state index contributed by atoms with van der Waals surface area (Å²) in [5.41, 5.74) is 1.61. The van der Waals surface area contributed by atoms with Gasteiger partial charge < -0.3 is 15.0 Å². The van der Waals surface area contributed by atoms with E-state index in [9.17, 15) is 14.7 Å². The van der Waals surface area contributed by atoms with Crippen molar-refractivity contribution in [1.29, 1.82) is 0 Å². The molecule has 2 N–H and O–H groups in total. The van der Waals surface area contributed by atoms with Crippen LogP contribution in [0.3, 0.4) is 0 Å². The molecule has 3 rings (SSSR count). The van der Waals surface area contributed by atoms with E-state index in [2.05, 4.69) is 4.98 Å². The van der Waals surface area contributed by atoms with Gasteiger partial charge in [-0.25, -0.2) is 9.59 Å². The standard InChI is InChI=1S/C15H19N3O3/c1-2-10-9-11(7-8-17(10)15(20)21)18-13-6-4-3-5-12(13)16-14(18)19/h3-6,10-11H,2,7-9H2,1H3,(H,16,19)(H,20,21). The number of imidazole rings is 1. The van der Waals surface area contributed by atoms with Crippen LogP contribution < -0.4 is 5.69 Å². The van der Waals surface area contributed by atoms with E-state index in [1.165, 1.54) is 4.90 Å². The van der Waals surface area contributed by atoms with E-state index in [0.717, 1.165) is 17.5 Å². The molecule has 6 nitrogen and oxygen atoms in total. The predicted molar refractivity (Wildman–Crippen MR) is 79.6 cm³/mol. The summed E-state index contributed by atoms with van der Waals surface area (Å²) in [6.07, 6.45) is 1.25. The zero-order chi connectivity index (χ0) is 15.0. The number of nitrogens with zero attached hydrogens (tertiary/aromatic N) is 2. The van der Waals surface area contributed by atoms with Crippen molar-refractivity contribution in [3.8, 4) is 0 Å². The molecule has 0 bridgehead atoms. The van der Waals surface area contributed by atoms with Gasteiger partial charge in [0.2, 0.25) is 0 Å². The van der Waals surface area contributed by atoms with Crippen LogP contribution in [0.1, 0.15) is 32.2 Å². The minimum Gasteiger partial charge on any atom is -0.465 e. The topological polar surface area (TPSA) is 78.3 Å². The highest BCUT2D eigenvalue weighted by atomic mass is 16.4. The first-order valence-electron chi connectivity index (χ1n) is 7.30. The molecule has 2 aromatic rings. The monoisotopic (exact) mass is 289 g/mol. The number of hydrogen-bond donors (Lipinski definition) is 2. The minimum atomic E-state index is -0.869. The second kappa shape index (κ2) is 5.27. The zero-order valence-electron chi connectivity index (χ0n) is 12.0. The Labute approximate surface area is 122 Å². The maximum atomic E-state index is 12.2. The van der Waals surface area contributed by atoms with Gasteiger partial charge in [0, 0.05) is 18.6 Å². The van der Waals surface area contributed by atoms with Crippen LogP contribution in [0.2, 0.25) is 0 Å². The van der Waals surface area contributed by atoms with Crippen LogP contribution in [0.5, 0.6) is 0 Å². The molecule has 0 spiro atoms. The fourth-order valence-corrected chi connectivity index (χ4v) is 3.34. The zero-order valence-corrected chi connectivity index (χ0v) is 12.0. The molecule has 1 aliphatic rings. The van der Waals surface area contributed by atoms with Crippen molar-refractivity contribution in [3.63, 3.8) is 0 Å². The highest BCUT2D eigenvalue weighted by Gasteiger charge is 2.32. The van der Waals surface area contributed by atoms with Crippen molar-refractivity contribution in [3.05, 3.63) is 34.7 Å². The summed E-state index contributed by atoms with van der Waals surface area (Å²) in [6.45, 7) is 2.46. The summed E-state index contributed by atoms with van der Waals surface area (Å²) >= 11 is 0. The molecular weight excluding hydrogens is 270 g/mol. The van der Waals surface area contributed by atoms with Crippen LogP contribution in [0.25, 0.3) is 11.0 Å². The van der Waals surface area contributed by atoms with Gasteiger partial charge in [0.05, 0.1) is 11.0 Å². The first-order chi connectivity index (χ1) is 10.1. The van der Waals surface area contributed by atoms with Gasteiger partial charge in [-0.05, 0) is 31.4 Å². The summed E-state index contributed by atoms with van der Waals surface area (Å²) in [5, 5.41) is 9.23. The van der Waals surface area contributed by atoms with E-state index in [0.29, 0.717) is 19.4 Å². The van der Waals surface area contributed by atoms with Crippen LogP contribution >= 0.6 is 0 Å². The van der Waals surface area contributed by atoms with Crippen LogP contribution in [-0.4, -0.2) is 38.2 Å². The molecule has 1 aromatic carbocycles. The molecule has 0 radical (unpaired) electrons. The molecule has 112 valence electrons. The Bertz CT molecular complexity index is 718. The number of piperidine rings is 1. The van der Waals surface area contributed by atoms with Crippen molar-refractivity contribution in [2.75, 3.05) is 6.54 Å². The fourth-order valence-electron chi connectivity index (χ4n) is 3.34. The molecule has 2 unspecified atom stereocenters. The third-order valence-corrected chi connectivity index (χ3v) is 4.39. The molecule has 1 aliphatic heterocycles. The number of fused-ring (bicyclic) bond motifs is 1. The number of rotatable bonds is 2. The van der Waals surface area contributed by atoms with Gasteiger partial charge in [0.1, 0.15) is 0 Å². The normalized spacial score (nSPS) is 22.6. The number of benzene rings is 1. The van der Waals surface area contributed by atoms with Gasteiger partial charge in [0.25, 0.3) is 0 Å². The summed E-state index contributed by atoms with van der Waals surface area (Å²) in [6, 6.07) is 7.64.